The van der Waals surface area contributed by atoms with Gasteiger partial charge in [0, 0.05) is 67.1 Å². The van der Waals surface area contributed by atoms with Gasteiger partial charge in [-0.25, -0.2) is 5.43 Å². The first-order valence-corrected chi connectivity index (χ1v) is 20.1. The number of nitrogens with one attached hydrogen (secondary N) is 1. The number of phenols is 2. The quantitative estimate of drug-likeness (QED) is 0.0337. The molecule has 0 spiro atoms. The summed E-state index contributed by atoms with van der Waals surface area (Å²) in [5.41, 5.74) is 4.43. The molecule has 0 saturated carbocycles. The van der Waals surface area contributed by atoms with Crippen molar-refractivity contribution in [2.45, 2.75) is 99.8 Å². The van der Waals surface area contributed by atoms with Gasteiger partial charge in [0.2, 0.25) is 23.5 Å². The van der Waals surface area contributed by atoms with E-state index in [1.165, 1.54) is 42.0 Å². The van der Waals surface area contributed by atoms with Crippen molar-refractivity contribution in [1.82, 2.24) is 10.3 Å². The highest BCUT2D eigenvalue weighted by Gasteiger charge is 2.50. The first-order chi connectivity index (χ1) is 27.6. The second kappa shape index (κ2) is 17.8. The first kappa shape index (κ1) is 43.1. The Kier molecular flexibility index (Phi) is 13.2. The second-order valence-corrected chi connectivity index (χ2v) is 16.1. The van der Waals surface area contributed by atoms with Crippen LogP contribution in [0.5, 0.6) is 17.2 Å². The summed E-state index contributed by atoms with van der Waals surface area (Å²) in [6.45, 7) is 0.792. The maximum absolute atomic E-state index is 14.0. The van der Waals surface area contributed by atoms with Crippen molar-refractivity contribution >= 4 is 46.8 Å². The molecular weight excluding hydrogens is 781 g/mol. The highest BCUT2D eigenvalue weighted by Crippen LogP contribution is 2.52. The van der Waals surface area contributed by atoms with Crippen molar-refractivity contribution in [2.75, 3.05) is 32.6 Å². The van der Waals surface area contributed by atoms with Gasteiger partial charge in [0.25, 0.3) is 0 Å². The number of nitrogens with zero attached hydrogens (tertiary/aromatic N) is 2. The van der Waals surface area contributed by atoms with Gasteiger partial charge in [0.1, 0.15) is 22.8 Å². The van der Waals surface area contributed by atoms with Gasteiger partial charge in [-0.05, 0) is 25.8 Å². The highest BCUT2D eigenvalue weighted by molar-refractivity contribution is 8.00. The Balaban J connectivity index is 1.23. The molecule has 0 radical (unpaired) electrons. The molecule has 18 nitrogen and oxygen atoms in total. The number of rotatable bonds is 15. The van der Waals surface area contributed by atoms with Crippen LogP contribution in [0, 0.1) is 0 Å². The van der Waals surface area contributed by atoms with Crippen LogP contribution >= 0.6 is 11.8 Å². The molecule has 7 atom stereocenters. The maximum Gasteiger partial charge on any atom is 0.242 e. The van der Waals surface area contributed by atoms with Crippen LogP contribution in [-0.4, -0.2) is 139 Å². The predicted molar refractivity (Wildman–Crippen MR) is 205 cm³/mol. The normalized spacial score (nSPS) is 27.0. The predicted octanol–water partition coefficient (Wildman–Crippen LogP) is 0.318. The van der Waals surface area contributed by atoms with Crippen molar-refractivity contribution in [3.05, 3.63) is 51.6 Å². The van der Waals surface area contributed by atoms with Crippen LogP contribution in [0.4, 0.5) is 0 Å². The number of unbranched alkanes of at least 4 members (excludes halogenated alkanes) is 2. The summed E-state index contributed by atoms with van der Waals surface area (Å²) >= 11 is 1.24. The second-order valence-electron chi connectivity index (χ2n) is 14.8. The van der Waals surface area contributed by atoms with Crippen LogP contribution in [-0.2, 0) is 30.3 Å². The van der Waals surface area contributed by atoms with Crippen molar-refractivity contribution < 1.29 is 68.8 Å². The molecule has 3 amide bonds. The van der Waals surface area contributed by atoms with E-state index in [4.69, 9.17) is 25.1 Å². The van der Waals surface area contributed by atoms with Gasteiger partial charge >= 0.3 is 0 Å². The number of hydrogen-bond acceptors (Lipinski definition) is 17. The summed E-state index contributed by atoms with van der Waals surface area (Å²) in [6.07, 6.45) is -4.00. The Labute approximate surface area is 337 Å². The summed E-state index contributed by atoms with van der Waals surface area (Å²) in [4.78, 5) is 66.8. The fourth-order valence-electron chi connectivity index (χ4n) is 8.03. The largest absolute Gasteiger partial charge is 0.507 e. The molecule has 4 aliphatic rings. The number of hydrazone groups is 1. The van der Waals surface area contributed by atoms with Gasteiger partial charge in [0.05, 0.1) is 66.3 Å². The number of phenolic OH excluding ortho intramolecular Hbond substituents is 2. The molecule has 0 aromatic heterocycles. The number of carbonyl (C=O) groups is 5. The molecule has 2 aliphatic carbocycles. The molecule has 0 bridgehead atoms. The SMILES string of the molecule is COc1cccc2c1C(=O)c1c(O)c3c(c(O)c1C2=O)C[C@@](O)(/C(CO)=N/NC(=O)CCCCCN1C(=O)CC(SCCO)C1=O)C[C@@H]3OC1C[C@H](N)C(O)[C@H](C)O1. The van der Waals surface area contributed by atoms with E-state index in [0.29, 0.717) is 25.0 Å². The van der Waals surface area contributed by atoms with Gasteiger partial charge in [-0.15, -0.1) is 11.8 Å². The van der Waals surface area contributed by atoms with Gasteiger partial charge in [-0.2, -0.15) is 5.10 Å². The summed E-state index contributed by atoms with van der Waals surface area (Å²) in [5.74, 6) is -3.72. The van der Waals surface area contributed by atoms with E-state index in [1.54, 1.807) is 6.92 Å². The fraction of sp³-hybridized carbons (Fsp3) is 0.538. The number of fused-ring (bicyclic) bond motifs is 3. The minimum absolute atomic E-state index is 0.0265. The molecule has 2 aromatic rings. The molecule has 58 heavy (non-hydrogen) atoms. The number of aliphatic hydroxyl groups excluding tert-OH is 3. The molecule has 2 fully saturated rings. The Bertz CT molecular complexity index is 2000. The van der Waals surface area contributed by atoms with E-state index in [-0.39, 0.29) is 77.9 Å². The van der Waals surface area contributed by atoms with Gasteiger partial charge < -0.3 is 50.6 Å². The lowest BCUT2D eigenvalue weighted by Crippen LogP contribution is -2.53. The number of aromatic hydroxyl groups is 2. The van der Waals surface area contributed by atoms with E-state index in [0.717, 1.165) is 0 Å². The number of benzene rings is 2. The number of ether oxygens (including phenoxy) is 3. The molecule has 3 unspecified atom stereocenters. The lowest BCUT2D eigenvalue weighted by molar-refractivity contribution is -0.245. The zero-order valence-corrected chi connectivity index (χ0v) is 32.8. The molecule has 6 rings (SSSR count). The Morgan fingerprint density at radius 1 is 1.09 bits per heavy atom. The van der Waals surface area contributed by atoms with E-state index in [9.17, 15) is 49.5 Å². The van der Waals surface area contributed by atoms with Crippen molar-refractivity contribution in [3.63, 3.8) is 0 Å². The molecule has 2 saturated heterocycles. The molecule has 2 aromatic carbocycles. The Morgan fingerprint density at radius 2 is 1.83 bits per heavy atom. The number of likely N-dealkylation sites (tertiary alicyclic amines) is 1. The Morgan fingerprint density at radius 3 is 2.52 bits per heavy atom. The minimum atomic E-state index is -2.18. The number of carbonyl (C=O) groups excluding carboxylic acids is 5. The molecule has 19 heteroatoms. The van der Waals surface area contributed by atoms with Crippen LogP contribution in [0.1, 0.15) is 101 Å². The summed E-state index contributed by atoms with van der Waals surface area (Å²) in [7, 11) is 1.31. The first-order valence-electron chi connectivity index (χ1n) is 19.0. The number of methoxy groups -OCH3 is 1. The van der Waals surface area contributed by atoms with Crippen molar-refractivity contribution in [2.24, 2.45) is 10.8 Å². The van der Waals surface area contributed by atoms with Crippen LogP contribution in [0.2, 0.25) is 0 Å². The number of thioether (sulfide) groups is 1. The fourth-order valence-corrected chi connectivity index (χ4v) is 8.95. The monoisotopic (exact) mass is 828 g/mol. The number of hydrogen-bond donors (Lipinski definition) is 8. The molecule has 2 heterocycles. The third-order valence-corrected chi connectivity index (χ3v) is 12.2. The zero-order chi connectivity index (χ0) is 42.1. The van der Waals surface area contributed by atoms with Gasteiger partial charge in [0.15, 0.2) is 12.1 Å². The smallest absolute Gasteiger partial charge is 0.242 e. The molecule has 314 valence electrons. The standard InChI is InChI=1S/C39H48N4O14S/c1-18-33(48)21(40)13-28(56-18)57-23-16-39(54,25(17-45)41-42-26(46)9-4-3-5-10-43-27(47)14-24(38(43)53)58-12-11-44)15-20-30(23)37(52)32-31(35(20)50)34(49)19-7-6-8-22(55-2)29(19)36(32)51/h6-8,18,21,23-24,28,33,44-45,48,50,52,54H,3-5,9-17,40H2,1-2H3,(H,42,46)/b41-25+/t18-,21-,23-,24?,28?,33?,39-/m0/s1. The average molecular weight is 829 g/mol. The number of aliphatic hydroxyl groups is 4. The summed E-state index contributed by atoms with van der Waals surface area (Å²) in [5, 5.41) is 69.2. The van der Waals surface area contributed by atoms with Crippen LogP contribution in [0.25, 0.3) is 0 Å². The number of amides is 3. The third-order valence-electron chi connectivity index (χ3n) is 11.0. The van der Waals surface area contributed by atoms with E-state index in [2.05, 4.69) is 10.5 Å². The van der Waals surface area contributed by atoms with Gasteiger partial charge in [-0.1, -0.05) is 18.6 Å². The minimum Gasteiger partial charge on any atom is -0.507 e. The molecular formula is C39H48N4O14S. The van der Waals surface area contributed by atoms with Crippen LogP contribution < -0.4 is 15.9 Å². The molecule has 9 N–H and O–H groups in total. The molecule has 2 aliphatic heterocycles. The number of imide groups is 1. The van der Waals surface area contributed by atoms with Crippen LogP contribution in [0.3, 0.4) is 0 Å². The van der Waals surface area contributed by atoms with Gasteiger partial charge in [-0.3, -0.25) is 28.9 Å². The zero-order valence-electron chi connectivity index (χ0n) is 32.0. The number of nitrogens with two attached hydrogens (primary N) is 1. The van der Waals surface area contributed by atoms with Crippen LogP contribution in [0.15, 0.2) is 23.3 Å². The maximum atomic E-state index is 14.0. The Hall–Kier alpha value is -4.47. The average Bonchev–Trinajstić information content (AvgIpc) is 3.46. The van der Waals surface area contributed by atoms with E-state index < -0.39 is 101 Å². The van der Waals surface area contributed by atoms with Crippen molar-refractivity contribution in [3.8, 4) is 17.2 Å². The van der Waals surface area contributed by atoms with E-state index in [1.807, 2.05) is 0 Å². The lowest BCUT2D eigenvalue weighted by atomic mass is 9.71. The lowest BCUT2D eigenvalue weighted by Gasteiger charge is -2.43. The summed E-state index contributed by atoms with van der Waals surface area (Å²) < 4.78 is 17.4. The highest BCUT2D eigenvalue weighted by atomic mass is 32.2. The number of ketones is 2. The third kappa shape index (κ3) is 8.22. The van der Waals surface area contributed by atoms with E-state index >= 15 is 0 Å². The topological polar surface area (TPSA) is 288 Å². The van der Waals surface area contributed by atoms with Crippen molar-refractivity contribution in [1.29, 1.82) is 0 Å². The summed E-state index contributed by atoms with van der Waals surface area (Å²) in [6, 6.07) is 3.56.